The van der Waals surface area contributed by atoms with Gasteiger partial charge in [0.05, 0.1) is 19.1 Å². The van der Waals surface area contributed by atoms with Gasteiger partial charge in [-0.15, -0.1) is 11.3 Å². The average Bonchev–Trinajstić information content (AvgIpc) is 3.53. The molecule has 2 N–H and O–H groups in total. The van der Waals surface area contributed by atoms with Gasteiger partial charge in [-0.05, 0) is 42.0 Å². The SMILES string of the molecule is COc1cc(CCc2cc(NC(=O)c3ncoc3-c3cccs3)n[nH]2)cc(OC)c1. The van der Waals surface area contributed by atoms with E-state index in [9.17, 15) is 4.79 Å². The van der Waals surface area contributed by atoms with Crippen molar-refractivity contribution in [1.82, 2.24) is 15.2 Å². The van der Waals surface area contributed by atoms with E-state index in [4.69, 9.17) is 13.9 Å². The van der Waals surface area contributed by atoms with Gasteiger partial charge in [0.1, 0.15) is 11.5 Å². The molecule has 3 aromatic heterocycles. The van der Waals surface area contributed by atoms with Gasteiger partial charge in [-0.25, -0.2) is 4.98 Å². The number of amides is 1. The van der Waals surface area contributed by atoms with Crippen molar-refractivity contribution in [2.45, 2.75) is 12.8 Å². The molecule has 0 saturated carbocycles. The number of carbonyl (C=O) groups is 1. The summed E-state index contributed by atoms with van der Waals surface area (Å²) < 4.78 is 16.0. The van der Waals surface area contributed by atoms with E-state index < -0.39 is 0 Å². The number of H-pyrrole nitrogens is 1. The molecule has 0 spiro atoms. The lowest BCUT2D eigenvalue weighted by Crippen LogP contribution is -2.13. The molecule has 0 aliphatic carbocycles. The summed E-state index contributed by atoms with van der Waals surface area (Å²) in [6.45, 7) is 0. The van der Waals surface area contributed by atoms with Crippen molar-refractivity contribution < 1.29 is 18.7 Å². The van der Waals surface area contributed by atoms with Crippen molar-refractivity contribution in [2.75, 3.05) is 19.5 Å². The van der Waals surface area contributed by atoms with Gasteiger partial charge >= 0.3 is 0 Å². The predicted octanol–water partition coefficient (Wildman–Crippen LogP) is 4.18. The Morgan fingerprint density at radius 1 is 1.17 bits per heavy atom. The first-order valence-electron chi connectivity index (χ1n) is 9.21. The van der Waals surface area contributed by atoms with E-state index in [-0.39, 0.29) is 11.6 Å². The Hall–Kier alpha value is -3.59. The minimum Gasteiger partial charge on any atom is -0.497 e. The molecule has 1 amide bonds. The van der Waals surface area contributed by atoms with Gasteiger partial charge in [0.25, 0.3) is 5.91 Å². The zero-order chi connectivity index (χ0) is 20.9. The minimum absolute atomic E-state index is 0.227. The van der Waals surface area contributed by atoms with Gasteiger partial charge in [-0.3, -0.25) is 9.89 Å². The zero-order valence-corrected chi connectivity index (χ0v) is 17.3. The molecule has 0 bridgehead atoms. The summed E-state index contributed by atoms with van der Waals surface area (Å²) >= 11 is 1.48. The highest BCUT2D eigenvalue weighted by Gasteiger charge is 2.20. The number of aromatic amines is 1. The van der Waals surface area contributed by atoms with Crippen LogP contribution < -0.4 is 14.8 Å². The van der Waals surface area contributed by atoms with Crippen molar-refractivity contribution in [3.8, 4) is 22.1 Å². The molecule has 0 aliphatic heterocycles. The molecule has 0 radical (unpaired) electrons. The number of carbonyl (C=O) groups excluding carboxylic acids is 1. The number of oxazole rings is 1. The Balaban J connectivity index is 1.40. The van der Waals surface area contributed by atoms with E-state index in [0.717, 1.165) is 34.1 Å². The number of methoxy groups -OCH3 is 2. The number of benzene rings is 1. The number of nitrogens with one attached hydrogen (secondary N) is 2. The summed E-state index contributed by atoms with van der Waals surface area (Å²) in [5, 5.41) is 11.8. The second-order valence-corrected chi connectivity index (χ2v) is 7.41. The van der Waals surface area contributed by atoms with Gasteiger partial charge in [-0.2, -0.15) is 5.10 Å². The van der Waals surface area contributed by atoms with E-state index in [0.29, 0.717) is 18.0 Å². The standard InChI is InChI=1S/C21H20N4O4S/c1-27-15-8-13(9-16(11-15)28-2)5-6-14-10-18(25-24-14)23-21(26)19-20(29-12-22-19)17-4-3-7-30-17/h3-4,7-12H,5-6H2,1-2H3,(H2,23,24,25,26). The number of rotatable bonds is 8. The first kappa shape index (κ1) is 19.7. The van der Waals surface area contributed by atoms with E-state index in [2.05, 4.69) is 20.5 Å². The number of aryl methyl sites for hydroxylation is 2. The molecule has 4 rings (SSSR count). The number of hydrogen-bond donors (Lipinski definition) is 2. The summed E-state index contributed by atoms with van der Waals surface area (Å²) in [6, 6.07) is 11.3. The van der Waals surface area contributed by atoms with Crippen LogP contribution in [0.1, 0.15) is 21.7 Å². The summed E-state index contributed by atoms with van der Waals surface area (Å²) in [5.41, 5.74) is 2.20. The normalized spacial score (nSPS) is 10.7. The Morgan fingerprint density at radius 2 is 1.97 bits per heavy atom. The van der Waals surface area contributed by atoms with Crippen LogP contribution in [0.4, 0.5) is 5.82 Å². The maximum Gasteiger partial charge on any atom is 0.279 e. The van der Waals surface area contributed by atoms with Crippen molar-refractivity contribution >= 4 is 23.1 Å². The number of hydrogen-bond acceptors (Lipinski definition) is 7. The number of aromatic nitrogens is 3. The summed E-state index contributed by atoms with van der Waals surface area (Å²) in [7, 11) is 3.25. The lowest BCUT2D eigenvalue weighted by Gasteiger charge is -2.08. The summed E-state index contributed by atoms with van der Waals surface area (Å²) in [4.78, 5) is 17.5. The second kappa shape index (κ2) is 8.83. The summed E-state index contributed by atoms with van der Waals surface area (Å²) in [6.07, 6.45) is 2.74. The second-order valence-electron chi connectivity index (χ2n) is 6.46. The summed E-state index contributed by atoms with van der Waals surface area (Å²) in [5.74, 6) is 2.00. The van der Waals surface area contributed by atoms with E-state index >= 15 is 0 Å². The van der Waals surface area contributed by atoms with Crippen LogP contribution in [0.15, 0.2) is 52.6 Å². The van der Waals surface area contributed by atoms with Crippen LogP contribution in [-0.4, -0.2) is 35.3 Å². The van der Waals surface area contributed by atoms with Gasteiger partial charge < -0.3 is 19.2 Å². The van der Waals surface area contributed by atoms with Gasteiger partial charge in [0.2, 0.25) is 0 Å². The van der Waals surface area contributed by atoms with Crippen molar-refractivity contribution in [3.63, 3.8) is 0 Å². The first-order chi connectivity index (χ1) is 14.7. The molecule has 3 heterocycles. The van der Waals surface area contributed by atoms with E-state index in [1.807, 2.05) is 35.7 Å². The third kappa shape index (κ3) is 4.36. The zero-order valence-electron chi connectivity index (χ0n) is 16.5. The molecule has 0 unspecified atom stereocenters. The fourth-order valence-electron chi connectivity index (χ4n) is 3.01. The molecule has 0 atom stereocenters. The van der Waals surface area contributed by atoms with Gasteiger partial charge in [-0.1, -0.05) is 6.07 Å². The van der Waals surface area contributed by atoms with E-state index in [1.54, 1.807) is 20.3 Å². The van der Waals surface area contributed by atoms with Crippen molar-refractivity contribution in [2.24, 2.45) is 0 Å². The van der Waals surface area contributed by atoms with Gasteiger partial charge in [0, 0.05) is 17.8 Å². The van der Waals surface area contributed by atoms with E-state index in [1.165, 1.54) is 17.7 Å². The van der Waals surface area contributed by atoms with Crippen LogP contribution in [0.5, 0.6) is 11.5 Å². The van der Waals surface area contributed by atoms with Crippen molar-refractivity contribution in [1.29, 1.82) is 0 Å². The fraction of sp³-hybridized carbons (Fsp3) is 0.190. The monoisotopic (exact) mass is 424 g/mol. The molecule has 9 heteroatoms. The van der Waals surface area contributed by atoms with Crippen LogP contribution in [0.3, 0.4) is 0 Å². The lowest BCUT2D eigenvalue weighted by molar-refractivity contribution is 0.102. The molecule has 0 aliphatic rings. The highest BCUT2D eigenvalue weighted by atomic mass is 32.1. The molecule has 8 nitrogen and oxygen atoms in total. The highest BCUT2D eigenvalue weighted by Crippen LogP contribution is 2.28. The number of ether oxygens (including phenoxy) is 2. The molecule has 1 aromatic carbocycles. The number of nitrogens with zero attached hydrogens (tertiary/aromatic N) is 2. The Bertz CT molecular complexity index is 1110. The third-order valence-corrected chi connectivity index (χ3v) is 5.36. The molecule has 154 valence electrons. The third-order valence-electron chi connectivity index (χ3n) is 4.49. The molecule has 0 fully saturated rings. The van der Waals surface area contributed by atoms with Crippen LogP contribution >= 0.6 is 11.3 Å². The molecular weight excluding hydrogens is 404 g/mol. The maximum absolute atomic E-state index is 12.6. The smallest absolute Gasteiger partial charge is 0.279 e. The largest absolute Gasteiger partial charge is 0.497 e. The quantitative estimate of drug-likeness (QED) is 0.440. The maximum atomic E-state index is 12.6. The van der Waals surface area contributed by atoms with Crippen LogP contribution in [-0.2, 0) is 12.8 Å². The number of anilines is 1. The predicted molar refractivity (Wildman–Crippen MR) is 113 cm³/mol. The highest BCUT2D eigenvalue weighted by molar-refractivity contribution is 7.13. The topological polar surface area (TPSA) is 102 Å². The Labute approximate surface area is 176 Å². The Morgan fingerprint density at radius 3 is 2.67 bits per heavy atom. The number of thiophene rings is 1. The van der Waals surface area contributed by atoms with Crippen LogP contribution in [0, 0.1) is 0 Å². The van der Waals surface area contributed by atoms with Crippen LogP contribution in [0.25, 0.3) is 10.6 Å². The average molecular weight is 424 g/mol. The van der Waals surface area contributed by atoms with Crippen LogP contribution in [0.2, 0.25) is 0 Å². The van der Waals surface area contributed by atoms with Crippen molar-refractivity contribution in [3.05, 3.63) is 65.1 Å². The Kier molecular flexibility index (Phi) is 5.80. The fourth-order valence-corrected chi connectivity index (χ4v) is 3.72. The minimum atomic E-state index is -0.372. The first-order valence-corrected chi connectivity index (χ1v) is 10.1. The molecular formula is C21H20N4O4S. The molecule has 0 saturated heterocycles. The molecule has 30 heavy (non-hydrogen) atoms. The van der Waals surface area contributed by atoms with Gasteiger partial charge in [0.15, 0.2) is 23.7 Å². The lowest BCUT2D eigenvalue weighted by atomic mass is 10.1. The molecule has 4 aromatic rings.